The topological polar surface area (TPSA) is 68.9 Å². The first-order chi connectivity index (χ1) is 11.6. The summed E-state index contributed by atoms with van der Waals surface area (Å²) in [7, 11) is 0. The van der Waals surface area contributed by atoms with Crippen molar-refractivity contribution in [2.24, 2.45) is 0 Å². The molecule has 3 rings (SSSR count). The molecular formula is C18H14BrN3O2. The molecule has 0 saturated heterocycles. The molecule has 0 aliphatic rings. The van der Waals surface area contributed by atoms with Gasteiger partial charge in [-0.05, 0) is 19.1 Å². The Hall–Kier alpha value is -2.60. The number of nitrogens with zero attached hydrogens (tertiary/aromatic N) is 3. The second-order valence-electron chi connectivity index (χ2n) is 5.26. The fourth-order valence-corrected chi connectivity index (χ4v) is 3.12. The molecule has 0 bridgehead atoms. The summed E-state index contributed by atoms with van der Waals surface area (Å²) >= 11 is 3.49. The summed E-state index contributed by atoms with van der Waals surface area (Å²) < 4.78 is 0. The number of hydrogen-bond acceptors (Lipinski definition) is 4. The maximum Gasteiger partial charge on any atom is 0.269 e. The highest BCUT2D eigenvalue weighted by Crippen LogP contribution is 2.29. The first-order valence-corrected chi connectivity index (χ1v) is 8.46. The van der Waals surface area contributed by atoms with E-state index in [-0.39, 0.29) is 5.69 Å². The average Bonchev–Trinajstić information content (AvgIpc) is 2.62. The Morgan fingerprint density at radius 2 is 1.67 bits per heavy atom. The van der Waals surface area contributed by atoms with Gasteiger partial charge < -0.3 is 0 Å². The molecule has 6 heteroatoms. The maximum absolute atomic E-state index is 10.8. The van der Waals surface area contributed by atoms with Crippen LogP contribution in [0, 0.1) is 17.0 Å². The highest BCUT2D eigenvalue weighted by molar-refractivity contribution is 9.08. The minimum atomic E-state index is -0.407. The molecule has 0 atom stereocenters. The molecule has 0 spiro atoms. The molecule has 24 heavy (non-hydrogen) atoms. The highest BCUT2D eigenvalue weighted by Gasteiger charge is 2.15. The van der Waals surface area contributed by atoms with Gasteiger partial charge in [0, 0.05) is 39.8 Å². The lowest BCUT2D eigenvalue weighted by Crippen LogP contribution is -2.01. The molecule has 1 aromatic heterocycles. The van der Waals surface area contributed by atoms with Crippen LogP contribution in [0.4, 0.5) is 5.69 Å². The standard InChI is InChI=1S/C18H14BrN3O2/c1-12-16(11-19)17(13-7-9-15(10-8-13)22(23)24)21-18(20-12)14-5-3-2-4-6-14/h2-10H,11H2,1H3. The van der Waals surface area contributed by atoms with E-state index in [9.17, 15) is 10.1 Å². The van der Waals surface area contributed by atoms with E-state index in [2.05, 4.69) is 20.9 Å². The van der Waals surface area contributed by atoms with Gasteiger partial charge in [-0.1, -0.05) is 46.3 Å². The molecule has 0 aliphatic carbocycles. The Morgan fingerprint density at radius 1 is 1.00 bits per heavy atom. The second kappa shape index (κ2) is 6.88. The SMILES string of the molecule is Cc1nc(-c2ccccc2)nc(-c2ccc([N+](=O)[O-])cc2)c1CBr. The van der Waals surface area contributed by atoms with E-state index < -0.39 is 4.92 Å². The van der Waals surface area contributed by atoms with Gasteiger partial charge in [0.1, 0.15) is 0 Å². The fourth-order valence-electron chi connectivity index (χ4n) is 2.45. The number of halogens is 1. The predicted molar refractivity (Wildman–Crippen MR) is 96.9 cm³/mol. The van der Waals surface area contributed by atoms with Crippen molar-refractivity contribution in [1.82, 2.24) is 9.97 Å². The quantitative estimate of drug-likeness (QED) is 0.364. The van der Waals surface area contributed by atoms with Crippen LogP contribution in [0.5, 0.6) is 0 Å². The average molecular weight is 384 g/mol. The minimum Gasteiger partial charge on any atom is -0.258 e. The summed E-state index contributed by atoms with van der Waals surface area (Å²) in [5, 5.41) is 11.4. The van der Waals surface area contributed by atoms with Crippen LogP contribution >= 0.6 is 15.9 Å². The van der Waals surface area contributed by atoms with Crippen LogP contribution in [0.2, 0.25) is 0 Å². The Balaban J connectivity index is 2.15. The maximum atomic E-state index is 10.8. The van der Waals surface area contributed by atoms with E-state index in [1.807, 2.05) is 37.3 Å². The smallest absolute Gasteiger partial charge is 0.258 e. The van der Waals surface area contributed by atoms with Gasteiger partial charge in [-0.2, -0.15) is 0 Å². The highest BCUT2D eigenvalue weighted by atomic mass is 79.9. The number of nitro groups is 1. The first-order valence-electron chi connectivity index (χ1n) is 7.34. The molecule has 120 valence electrons. The molecule has 0 aliphatic heterocycles. The largest absolute Gasteiger partial charge is 0.269 e. The van der Waals surface area contributed by atoms with E-state index in [0.717, 1.165) is 28.1 Å². The third-order valence-corrected chi connectivity index (χ3v) is 4.29. The van der Waals surface area contributed by atoms with Crippen LogP contribution in [0.15, 0.2) is 54.6 Å². The lowest BCUT2D eigenvalue weighted by Gasteiger charge is -2.12. The number of benzene rings is 2. The zero-order valence-electron chi connectivity index (χ0n) is 12.9. The monoisotopic (exact) mass is 383 g/mol. The zero-order valence-corrected chi connectivity index (χ0v) is 14.5. The number of alkyl halides is 1. The lowest BCUT2D eigenvalue weighted by molar-refractivity contribution is -0.384. The number of aromatic nitrogens is 2. The van der Waals surface area contributed by atoms with Gasteiger partial charge in [0.15, 0.2) is 5.82 Å². The van der Waals surface area contributed by atoms with Gasteiger partial charge in [0.25, 0.3) is 5.69 Å². The van der Waals surface area contributed by atoms with Gasteiger partial charge >= 0.3 is 0 Å². The lowest BCUT2D eigenvalue weighted by atomic mass is 10.0. The number of rotatable bonds is 4. The normalized spacial score (nSPS) is 10.6. The van der Waals surface area contributed by atoms with E-state index >= 15 is 0 Å². The van der Waals surface area contributed by atoms with Gasteiger partial charge in [-0.25, -0.2) is 9.97 Å². The summed E-state index contributed by atoms with van der Waals surface area (Å²) in [6.07, 6.45) is 0. The molecule has 5 nitrogen and oxygen atoms in total. The van der Waals surface area contributed by atoms with E-state index in [1.54, 1.807) is 12.1 Å². The van der Waals surface area contributed by atoms with Gasteiger partial charge in [0.05, 0.1) is 10.6 Å². The summed E-state index contributed by atoms with van der Waals surface area (Å²) in [6, 6.07) is 16.2. The molecule has 3 aromatic rings. The van der Waals surface area contributed by atoms with Crippen molar-refractivity contribution in [3.63, 3.8) is 0 Å². The van der Waals surface area contributed by atoms with Crippen molar-refractivity contribution in [1.29, 1.82) is 0 Å². The Kier molecular flexibility index (Phi) is 4.66. The molecule has 0 radical (unpaired) electrons. The summed E-state index contributed by atoms with van der Waals surface area (Å²) in [5.41, 5.74) is 4.47. The Bertz CT molecular complexity index is 881. The van der Waals surface area contributed by atoms with E-state index in [1.165, 1.54) is 12.1 Å². The number of nitro benzene ring substituents is 1. The van der Waals surface area contributed by atoms with Crippen LogP contribution < -0.4 is 0 Å². The van der Waals surface area contributed by atoms with E-state index in [0.29, 0.717) is 11.2 Å². The molecule has 0 unspecified atom stereocenters. The third-order valence-electron chi connectivity index (χ3n) is 3.73. The van der Waals surface area contributed by atoms with Crippen molar-refractivity contribution in [2.75, 3.05) is 0 Å². The molecule has 0 amide bonds. The number of hydrogen-bond donors (Lipinski definition) is 0. The van der Waals surface area contributed by atoms with Crippen molar-refractivity contribution in [3.8, 4) is 22.6 Å². The van der Waals surface area contributed by atoms with Gasteiger partial charge in [-0.3, -0.25) is 10.1 Å². The van der Waals surface area contributed by atoms with Crippen molar-refractivity contribution in [2.45, 2.75) is 12.3 Å². The molecule has 1 heterocycles. The Labute approximate surface area is 147 Å². The van der Waals surface area contributed by atoms with Crippen LogP contribution in [0.25, 0.3) is 22.6 Å². The first kappa shape index (κ1) is 16.3. The second-order valence-corrected chi connectivity index (χ2v) is 5.82. The minimum absolute atomic E-state index is 0.0632. The molecular weight excluding hydrogens is 370 g/mol. The summed E-state index contributed by atoms with van der Waals surface area (Å²) in [6.45, 7) is 1.94. The summed E-state index contributed by atoms with van der Waals surface area (Å²) in [4.78, 5) is 19.7. The van der Waals surface area contributed by atoms with Crippen LogP contribution in [0.3, 0.4) is 0 Å². The fraction of sp³-hybridized carbons (Fsp3) is 0.111. The molecule has 0 N–H and O–H groups in total. The predicted octanol–water partition coefficient (Wildman–Crippen LogP) is 4.92. The van der Waals surface area contributed by atoms with Gasteiger partial charge in [-0.15, -0.1) is 0 Å². The number of aryl methyl sites for hydroxylation is 1. The van der Waals surface area contributed by atoms with Crippen LogP contribution in [-0.4, -0.2) is 14.9 Å². The van der Waals surface area contributed by atoms with Gasteiger partial charge in [0.2, 0.25) is 0 Å². The summed E-state index contributed by atoms with van der Waals surface area (Å²) in [5.74, 6) is 0.645. The molecule has 0 saturated carbocycles. The molecule has 0 fully saturated rings. The molecule has 2 aromatic carbocycles. The zero-order chi connectivity index (χ0) is 17.1. The number of non-ortho nitro benzene ring substituents is 1. The third kappa shape index (κ3) is 3.19. The van der Waals surface area contributed by atoms with Crippen molar-refractivity contribution < 1.29 is 4.92 Å². The Morgan fingerprint density at radius 3 is 2.25 bits per heavy atom. The van der Waals surface area contributed by atoms with Crippen LogP contribution in [0.1, 0.15) is 11.3 Å². The van der Waals surface area contributed by atoms with Crippen molar-refractivity contribution >= 4 is 21.6 Å². The van der Waals surface area contributed by atoms with E-state index in [4.69, 9.17) is 4.98 Å². The van der Waals surface area contributed by atoms with Crippen molar-refractivity contribution in [3.05, 3.63) is 76.0 Å². The van der Waals surface area contributed by atoms with Crippen LogP contribution in [-0.2, 0) is 5.33 Å².